The van der Waals surface area contributed by atoms with Crippen molar-refractivity contribution >= 4 is 11.9 Å². The summed E-state index contributed by atoms with van der Waals surface area (Å²) in [5.41, 5.74) is 0.0498. The van der Waals surface area contributed by atoms with E-state index in [1.54, 1.807) is 24.3 Å². The van der Waals surface area contributed by atoms with Crippen LogP contribution in [0.2, 0.25) is 0 Å². The zero-order chi connectivity index (χ0) is 26.3. The summed E-state index contributed by atoms with van der Waals surface area (Å²) in [4.78, 5) is 23.3. The lowest BCUT2D eigenvalue weighted by molar-refractivity contribution is -0.156. The van der Waals surface area contributed by atoms with Gasteiger partial charge in [0.1, 0.15) is 12.2 Å². The minimum absolute atomic E-state index is 0.200. The van der Waals surface area contributed by atoms with Gasteiger partial charge in [-0.2, -0.15) is 0 Å². The van der Waals surface area contributed by atoms with E-state index in [4.69, 9.17) is 37.9 Å². The normalized spacial score (nSPS) is 11.4. The second-order valence-electron chi connectivity index (χ2n) is 8.51. The Labute approximate surface area is 214 Å². The van der Waals surface area contributed by atoms with Crippen molar-refractivity contribution in [1.82, 2.24) is 0 Å². The van der Waals surface area contributed by atoms with Crippen LogP contribution >= 0.6 is 0 Å². The predicted molar refractivity (Wildman–Crippen MR) is 132 cm³/mol. The Bertz CT molecular complexity index is 675. The molecule has 1 aromatic carbocycles. The highest BCUT2D eigenvalue weighted by molar-refractivity contribution is 5.89. The van der Waals surface area contributed by atoms with E-state index >= 15 is 0 Å². The molecule has 0 radical (unpaired) electrons. The SMILES string of the molecule is CC(C)(C)OC(=O)CCOCCOCCOCCOCCOCCOCCOC(=O)c1ccccc1. The number of carbonyl (C=O) groups is 2. The van der Waals surface area contributed by atoms with Gasteiger partial charge in [0, 0.05) is 0 Å². The summed E-state index contributed by atoms with van der Waals surface area (Å²) in [6.07, 6.45) is 0.230. The van der Waals surface area contributed by atoms with Gasteiger partial charge in [0.25, 0.3) is 0 Å². The van der Waals surface area contributed by atoms with Crippen molar-refractivity contribution in [3.05, 3.63) is 35.9 Å². The molecule has 0 aliphatic rings. The molecule has 0 aliphatic carbocycles. The third kappa shape index (κ3) is 20.1. The molecule has 0 unspecified atom stereocenters. The largest absolute Gasteiger partial charge is 0.460 e. The molecule has 206 valence electrons. The maximum atomic E-state index is 11.7. The van der Waals surface area contributed by atoms with Gasteiger partial charge in [0.15, 0.2) is 0 Å². The summed E-state index contributed by atoms with van der Waals surface area (Å²) in [5, 5.41) is 0. The third-order valence-electron chi connectivity index (χ3n) is 4.20. The van der Waals surface area contributed by atoms with Crippen LogP contribution in [0.5, 0.6) is 0 Å². The van der Waals surface area contributed by atoms with Crippen LogP contribution in [0, 0.1) is 0 Å². The van der Waals surface area contributed by atoms with Crippen LogP contribution in [0.3, 0.4) is 0 Å². The summed E-state index contributed by atoms with van der Waals surface area (Å²) in [7, 11) is 0. The van der Waals surface area contributed by atoms with Gasteiger partial charge in [-0.3, -0.25) is 4.79 Å². The van der Waals surface area contributed by atoms with E-state index in [0.29, 0.717) is 84.8 Å². The Morgan fingerprint density at radius 1 is 0.583 bits per heavy atom. The molecule has 0 aromatic heterocycles. The van der Waals surface area contributed by atoms with Crippen LogP contribution < -0.4 is 0 Å². The van der Waals surface area contributed by atoms with Crippen molar-refractivity contribution < 1.29 is 47.5 Å². The van der Waals surface area contributed by atoms with Crippen LogP contribution in [0.4, 0.5) is 0 Å². The summed E-state index contributed by atoms with van der Waals surface area (Å²) in [6.45, 7) is 10.9. The Morgan fingerprint density at radius 3 is 1.39 bits per heavy atom. The molecule has 0 saturated heterocycles. The number of carbonyl (C=O) groups excluding carboxylic acids is 2. The zero-order valence-corrected chi connectivity index (χ0v) is 21.9. The monoisotopic (exact) mass is 514 g/mol. The number of ether oxygens (including phenoxy) is 8. The first-order valence-electron chi connectivity index (χ1n) is 12.3. The fraction of sp³-hybridized carbons (Fsp3) is 0.692. The van der Waals surface area contributed by atoms with Crippen LogP contribution in [0.1, 0.15) is 37.6 Å². The highest BCUT2D eigenvalue weighted by Crippen LogP contribution is 2.08. The molecule has 0 aliphatic heterocycles. The second kappa shape index (κ2) is 21.0. The molecule has 36 heavy (non-hydrogen) atoms. The maximum absolute atomic E-state index is 11.7. The molecular weight excluding hydrogens is 472 g/mol. The first kappa shape index (κ1) is 31.9. The van der Waals surface area contributed by atoms with Crippen LogP contribution in [-0.4, -0.2) is 103 Å². The average molecular weight is 515 g/mol. The lowest BCUT2D eigenvalue weighted by atomic mass is 10.2. The van der Waals surface area contributed by atoms with Gasteiger partial charge >= 0.3 is 11.9 Å². The van der Waals surface area contributed by atoms with E-state index in [0.717, 1.165) is 0 Å². The number of esters is 2. The van der Waals surface area contributed by atoms with Crippen molar-refractivity contribution in [2.75, 3.05) is 85.9 Å². The number of hydrogen-bond acceptors (Lipinski definition) is 10. The van der Waals surface area contributed by atoms with E-state index in [-0.39, 0.29) is 25.0 Å². The van der Waals surface area contributed by atoms with Gasteiger partial charge < -0.3 is 37.9 Å². The van der Waals surface area contributed by atoms with Gasteiger partial charge in [-0.25, -0.2) is 4.79 Å². The van der Waals surface area contributed by atoms with Crippen molar-refractivity contribution in [3.63, 3.8) is 0 Å². The predicted octanol–water partition coefficient (Wildman–Crippen LogP) is 2.67. The first-order valence-corrected chi connectivity index (χ1v) is 12.3. The van der Waals surface area contributed by atoms with E-state index in [9.17, 15) is 9.59 Å². The average Bonchev–Trinajstić information content (AvgIpc) is 2.84. The molecule has 10 heteroatoms. The lowest BCUT2D eigenvalue weighted by Gasteiger charge is -2.19. The quantitative estimate of drug-likeness (QED) is 0.169. The summed E-state index contributed by atoms with van der Waals surface area (Å²) >= 11 is 0. The Balaban J connectivity index is 1.72. The Kier molecular flexibility index (Phi) is 18.7. The van der Waals surface area contributed by atoms with Crippen molar-refractivity contribution in [1.29, 1.82) is 0 Å². The molecule has 0 atom stereocenters. The molecule has 1 aromatic rings. The van der Waals surface area contributed by atoms with Crippen molar-refractivity contribution in [3.8, 4) is 0 Å². The smallest absolute Gasteiger partial charge is 0.338 e. The van der Waals surface area contributed by atoms with Crippen molar-refractivity contribution in [2.24, 2.45) is 0 Å². The standard InChI is InChI=1S/C26H42O10/c1-26(2,3)36-24(27)9-10-29-11-12-30-13-14-31-15-16-32-17-18-33-19-20-34-21-22-35-25(28)23-7-5-4-6-8-23/h4-8H,9-22H2,1-3H3. The fourth-order valence-corrected chi connectivity index (χ4v) is 2.60. The van der Waals surface area contributed by atoms with Crippen molar-refractivity contribution in [2.45, 2.75) is 32.8 Å². The van der Waals surface area contributed by atoms with Gasteiger partial charge in [-0.1, -0.05) is 18.2 Å². The molecule has 0 heterocycles. The number of rotatable bonds is 22. The van der Waals surface area contributed by atoms with Gasteiger partial charge in [0.2, 0.25) is 0 Å². The van der Waals surface area contributed by atoms with E-state index in [1.165, 1.54) is 0 Å². The topological polar surface area (TPSA) is 108 Å². The summed E-state index contributed by atoms with van der Waals surface area (Å²) in [6, 6.07) is 8.83. The highest BCUT2D eigenvalue weighted by atomic mass is 16.6. The Hall–Kier alpha value is -2.08. The summed E-state index contributed by atoms with van der Waals surface area (Å²) < 4.78 is 42.7. The molecule has 0 amide bonds. The van der Waals surface area contributed by atoms with Gasteiger partial charge in [-0.15, -0.1) is 0 Å². The summed E-state index contributed by atoms with van der Waals surface area (Å²) in [5.74, 6) is -0.627. The molecule has 0 bridgehead atoms. The molecule has 10 nitrogen and oxygen atoms in total. The Morgan fingerprint density at radius 2 is 0.972 bits per heavy atom. The minimum atomic E-state index is -0.473. The van der Waals surface area contributed by atoms with Crippen LogP contribution in [-0.2, 0) is 42.7 Å². The lowest BCUT2D eigenvalue weighted by Crippen LogP contribution is -2.24. The maximum Gasteiger partial charge on any atom is 0.338 e. The second-order valence-corrected chi connectivity index (χ2v) is 8.51. The van der Waals surface area contributed by atoms with Gasteiger partial charge in [0.05, 0.1) is 91.3 Å². The van der Waals surface area contributed by atoms with E-state index < -0.39 is 5.60 Å². The molecular formula is C26H42O10. The molecule has 0 spiro atoms. The van der Waals surface area contributed by atoms with Gasteiger partial charge in [-0.05, 0) is 32.9 Å². The highest BCUT2D eigenvalue weighted by Gasteiger charge is 2.15. The first-order chi connectivity index (χ1) is 17.4. The molecule has 0 fully saturated rings. The van der Waals surface area contributed by atoms with Crippen LogP contribution in [0.15, 0.2) is 30.3 Å². The number of hydrogen-bond donors (Lipinski definition) is 0. The fourth-order valence-electron chi connectivity index (χ4n) is 2.60. The molecule has 0 saturated carbocycles. The minimum Gasteiger partial charge on any atom is -0.460 e. The zero-order valence-electron chi connectivity index (χ0n) is 21.9. The van der Waals surface area contributed by atoms with E-state index in [2.05, 4.69) is 0 Å². The number of benzene rings is 1. The molecule has 1 rings (SSSR count). The molecule has 0 N–H and O–H groups in total. The van der Waals surface area contributed by atoms with E-state index in [1.807, 2.05) is 26.8 Å². The third-order valence-corrected chi connectivity index (χ3v) is 4.20. The van der Waals surface area contributed by atoms with Crippen LogP contribution in [0.25, 0.3) is 0 Å².